The van der Waals surface area contributed by atoms with Gasteiger partial charge in [0, 0.05) is 17.2 Å². The predicted molar refractivity (Wildman–Crippen MR) is 75.0 cm³/mol. The zero-order chi connectivity index (χ0) is 13.0. The Kier molecular flexibility index (Phi) is 4.39. The van der Waals surface area contributed by atoms with Crippen molar-refractivity contribution in [1.29, 1.82) is 0 Å². The van der Waals surface area contributed by atoms with Crippen LogP contribution in [-0.2, 0) is 12.3 Å². The molecule has 2 rings (SSSR count). The lowest BCUT2D eigenvalue weighted by Crippen LogP contribution is -1.98. The fourth-order valence-electron chi connectivity index (χ4n) is 1.63. The van der Waals surface area contributed by atoms with Crippen LogP contribution in [0.15, 0.2) is 47.4 Å². The molecule has 3 heteroatoms. The molecule has 0 saturated heterocycles. The van der Waals surface area contributed by atoms with Crippen LogP contribution in [0, 0.1) is 12.7 Å². The number of thioether (sulfide) groups is 1. The van der Waals surface area contributed by atoms with Crippen LogP contribution in [0.5, 0.6) is 0 Å². The summed E-state index contributed by atoms with van der Waals surface area (Å²) in [5.74, 6) is 0.470. The van der Waals surface area contributed by atoms with Gasteiger partial charge in [0.05, 0.1) is 0 Å². The molecule has 0 amide bonds. The molecule has 18 heavy (non-hydrogen) atoms. The van der Waals surface area contributed by atoms with E-state index < -0.39 is 0 Å². The maximum Gasteiger partial charge on any atom is 0.127 e. The lowest BCUT2D eigenvalue weighted by molar-refractivity contribution is 0.615. The number of hydrogen-bond donors (Lipinski definition) is 1. The molecule has 0 bridgehead atoms. The molecular formula is C15H16FNS. The van der Waals surface area contributed by atoms with Crippen LogP contribution >= 0.6 is 11.8 Å². The number of benzene rings is 2. The van der Waals surface area contributed by atoms with Gasteiger partial charge in [0.25, 0.3) is 0 Å². The Bertz CT molecular complexity index is 523. The average Bonchev–Trinajstić information content (AvgIpc) is 2.39. The number of hydrogen-bond acceptors (Lipinski definition) is 2. The summed E-state index contributed by atoms with van der Waals surface area (Å²) in [4.78, 5) is 1.16. The van der Waals surface area contributed by atoms with Gasteiger partial charge >= 0.3 is 0 Å². The minimum absolute atomic E-state index is 0.169. The molecule has 0 unspecified atom stereocenters. The van der Waals surface area contributed by atoms with Crippen molar-refractivity contribution in [3.8, 4) is 0 Å². The molecule has 0 aliphatic carbocycles. The van der Waals surface area contributed by atoms with E-state index in [4.69, 9.17) is 5.73 Å². The third kappa shape index (κ3) is 3.34. The van der Waals surface area contributed by atoms with Gasteiger partial charge in [-0.25, -0.2) is 4.39 Å². The Morgan fingerprint density at radius 2 is 1.83 bits per heavy atom. The third-order valence-electron chi connectivity index (χ3n) is 2.77. The van der Waals surface area contributed by atoms with Gasteiger partial charge in [-0.2, -0.15) is 0 Å². The van der Waals surface area contributed by atoms with Crippen LogP contribution < -0.4 is 5.73 Å². The molecule has 1 nitrogen and oxygen atoms in total. The molecular weight excluding hydrogens is 245 g/mol. The Balaban J connectivity index is 2.04. The van der Waals surface area contributed by atoms with Crippen molar-refractivity contribution in [3.63, 3.8) is 0 Å². The lowest BCUT2D eigenvalue weighted by Gasteiger charge is -2.05. The zero-order valence-electron chi connectivity index (χ0n) is 10.3. The van der Waals surface area contributed by atoms with E-state index >= 15 is 0 Å². The minimum atomic E-state index is -0.169. The first-order valence-electron chi connectivity index (χ1n) is 5.86. The highest BCUT2D eigenvalue weighted by atomic mass is 32.2. The highest BCUT2D eigenvalue weighted by Gasteiger charge is 2.04. The quantitative estimate of drug-likeness (QED) is 0.845. The topological polar surface area (TPSA) is 26.0 Å². The van der Waals surface area contributed by atoms with Gasteiger partial charge in [-0.3, -0.25) is 0 Å². The van der Waals surface area contributed by atoms with E-state index in [-0.39, 0.29) is 5.82 Å². The van der Waals surface area contributed by atoms with Gasteiger partial charge in [0.15, 0.2) is 0 Å². The van der Waals surface area contributed by atoms with Crippen molar-refractivity contribution in [1.82, 2.24) is 0 Å². The molecule has 0 spiro atoms. The Labute approximate surface area is 111 Å². The molecule has 94 valence electrons. The number of nitrogens with two attached hydrogens (primary N) is 1. The summed E-state index contributed by atoms with van der Waals surface area (Å²) in [7, 11) is 0. The summed E-state index contributed by atoms with van der Waals surface area (Å²) < 4.78 is 13.7. The monoisotopic (exact) mass is 261 g/mol. The Hall–Kier alpha value is -1.32. The molecule has 0 radical (unpaired) electrons. The summed E-state index contributed by atoms with van der Waals surface area (Å²) in [6.07, 6.45) is 0. The van der Waals surface area contributed by atoms with Crippen LogP contribution in [0.3, 0.4) is 0 Å². The molecule has 2 aromatic rings. The number of halogens is 1. The maximum absolute atomic E-state index is 13.7. The summed E-state index contributed by atoms with van der Waals surface area (Å²) in [6.45, 7) is 2.43. The summed E-state index contributed by atoms with van der Waals surface area (Å²) in [5.41, 5.74) is 8.26. The normalized spacial score (nSPS) is 10.6. The van der Waals surface area contributed by atoms with Crippen LogP contribution in [0.4, 0.5) is 4.39 Å². The van der Waals surface area contributed by atoms with Crippen molar-refractivity contribution in [2.75, 3.05) is 0 Å². The van der Waals surface area contributed by atoms with E-state index in [0.29, 0.717) is 12.3 Å². The Morgan fingerprint density at radius 3 is 2.44 bits per heavy atom. The maximum atomic E-state index is 13.7. The van der Waals surface area contributed by atoms with E-state index in [0.717, 1.165) is 16.0 Å². The third-order valence-corrected chi connectivity index (χ3v) is 3.83. The second kappa shape index (κ2) is 6.03. The SMILES string of the molecule is Cc1ccc(SCc2ccc(CN)cc2F)cc1. The van der Waals surface area contributed by atoms with Crippen molar-refractivity contribution in [2.45, 2.75) is 24.1 Å². The molecule has 2 N–H and O–H groups in total. The zero-order valence-corrected chi connectivity index (χ0v) is 11.1. The van der Waals surface area contributed by atoms with E-state index in [2.05, 4.69) is 31.2 Å². The van der Waals surface area contributed by atoms with Gasteiger partial charge in [0.2, 0.25) is 0 Å². The van der Waals surface area contributed by atoms with Gasteiger partial charge in [-0.05, 0) is 36.2 Å². The van der Waals surface area contributed by atoms with Crippen molar-refractivity contribution in [2.24, 2.45) is 5.73 Å². The van der Waals surface area contributed by atoms with Crippen LogP contribution in [-0.4, -0.2) is 0 Å². The fourth-order valence-corrected chi connectivity index (χ4v) is 2.52. The number of rotatable bonds is 4. The largest absolute Gasteiger partial charge is 0.326 e. The Morgan fingerprint density at radius 1 is 1.11 bits per heavy atom. The minimum Gasteiger partial charge on any atom is -0.326 e. The van der Waals surface area contributed by atoms with Crippen molar-refractivity contribution in [3.05, 3.63) is 65.0 Å². The molecule has 0 aliphatic rings. The summed E-state index contributed by atoms with van der Waals surface area (Å²) in [6, 6.07) is 13.5. The first kappa shape index (κ1) is 13.1. The van der Waals surface area contributed by atoms with Gasteiger partial charge in [-0.1, -0.05) is 29.8 Å². The molecule has 0 aromatic heterocycles. The van der Waals surface area contributed by atoms with E-state index in [1.54, 1.807) is 11.8 Å². The molecule has 0 saturated carbocycles. The summed E-state index contributed by atoms with van der Waals surface area (Å²) >= 11 is 1.64. The molecule has 0 heterocycles. The van der Waals surface area contributed by atoms with Gasteiger partial charge < -0.3 is 5.73 Å². The molecule has 0 aliphatic heterocycles. The van der Waals surface area contributed by atoms with E-state index in [9.17, 15) is 4.39 Å². The highest BCUT2D eigenvalue weighted by Crippen LogP contribution is 2.24. The second-order valence-electron chi connectivity index (χ2n) is 4.23. The lowest BCUT2D eigenvalue weighted by atomic mass is 10.1. The molecule has 0 fully saturated rings. The van der Waals surface area contributed by atoms with Gasteiger partial charge in [0.1, 0.15) is 5.82 Å². The predicted octanol–water partition coefficient (Wildman–Crippen LogP) is 3.89. The van der Waals surface area contributed by atoms with Crippen molar-refractivity contribution >= 4 is 11.8 Å². The van der Waals surface area contributed by atoms with Gasteiger partial charge in [-0.15, -0.1) is 11.8 Å². The average molecular weight is 261 g/mol. The highest BCUT2D eigenvalue weighted by molar-refractivity contribution is 7.98. The van der Waals surface area contributed by atoms with E-state index in [1.807, 2.05) is 12.1 Å². The van der Waals surface area contributed by atoms with Crippen LogP contribution in [0.1, 0.15) is 16.7 Å². The summed E-state index contributed by atoms with van der Waals surface area (Å²) in [5, 5.41) is 0. The standard InChI is InChI=1S/C15H16FNS/c1-11-2-6-14(7-3-11)18-10-13-5-4-12(9-17)8-15(13)16/h2-8H,9-10,17H2,1H3. The smallest absolute Gasteiger partial charge is 0.127 e. The first-order valence-corrected chi connectivity index (χ1v) is 6.84. The molecule has 0 atom stereocenters. The first-order chi connectivity index (χ1) is 8.69. The number of aryl methyl sites for hydroxylation is 1. The fraction of sp³-hybridized carbons (Fsp3) is 0.200. The van der Waals surface area contributed by atoms with Crippen molar-refractivity contribution < 1.29 is 4.39 Å². The molecule has 2 aromatic carbocycles. The van der Waals surface area contributed by atoms with Crippen LogP contribution in [0.2, 0.25) is 0 Å². The van der Waals surface area contributed by atoms with E-state index in [1.165, 1.54) is 11.6 Å². The van der Waals surface area contributed by atoms with Crippen LogP contribution in [0.25, 0.3) is 0 Å². The second-order valence-corrected chi connectivity index (χ2v) is 5.28.